The van der Waals surface area contributed by atoms with Gasteiger partial charge in [0.05, 0.1) is 11.6 Å². The molecule has 0 spiro atoms. The summed E-state index contributed by atoms with van der Waals surface area (Å²) in [5, 5.41) is 14.5. The molecular formula is C14H19ClN2O. The minimum atomic E-state index is -0.263. The Morgan fingerprint density at radius 1 is 1.39 bits per heavy atom. The molecule has 0 saturated heterocycles. The van der Waals surface area contributed by atoms with Crippen LogP contribution in [0.4, 0.5) is 0 Å². The molecule has 0 radical (unpaired) electrons. The third kappa shape index (κ3) is 2.53. The highest BCUT2D eigenvalue weighted by molar-refractivity contribution is 6.36. The van der Waals surface area contributed by atoms with Gasteiger partial charge in [-0.3, -0.25) is 0 Å². The quantitative estimate of drug-likeness (QED) is 0.779. The van der Waals surface area contributed by atoms with Gasteiger partial charge < -0.3 is 15.4 Å². The molecule has 4 heteroatoms. The van der Waals surface area contributed by atoms with Crippen molar-refractivity contribution in [3.05, 3.63) is 35.0 Å². The number of rotatable bonds is 5. The number of halogens is 1. The lowest BCUT2D eigenvalue weighted by atomic mass is 10.0. The maximum absolute atomic E-state index is 9.37. The fourth-order valence-corrected chi connectivity index (χ4v) is 2.16. The summed E-state index contributed by atoms with van der Waals surface area (Å²) < 4.78 is 0. The number of hydrogen-bond acceptors (Lipinski definition) is 2. The van der Waals surface area contributed by atoms with Gasteiger partial charge in [0.25, 0.3) is 0 Å². The molecule has 0 saturated carbocycles. The van der Waals surface area contributed by atoms with E-state index in [2.05, 4.69) is 17.2 Å². The Hall–Kier alpha value is -1.03. The van der Waals surface area contributed by atoms with E-state index in [-0.39, 0.29) is 12.1 Å². The number of fused-ring (bicyclic) bond motifs is 1. The molecule has 3 N–H and O–H groups in total. The van der Waals surface area contributed by atoms with Gasteiger partial charge >= 0.3 is 0 Å². The Balaban J connectivity index is 2.20. The smallest absolute Gasteiger partial charge is 0.0705 e. The fourth-order valence-electron chi connectivity index (χ4n) is 1.88. The summed E-state index contributed by atoms with van der Waals surface area (Å²) in [6.45, 7) is 4.79. The van der Waals surface area contributed by atoms with Crippen LogP contribution < -0.4 is 5.32 Å². The van der Waals surface area contributed by atoms with E-state index in [0.29, 0.717) is 6.54 Å². The van der Waals surface area contributed by atoms with Gasteiger partial charge in [-0.15, -0.1) is 0 Å². The Kier molecular flexibility index (Phi) is 3.95. The van der Waals surface area contributed by atoms with E-state index in [1.807, 2.05) is 31.2 Å². The van der Waals surface area contributed by atoms with Crippen LogP contribution in [0.1, 0.15) is 26.0 Å². The molecule has 0 aliphatic carbocycles. The van der Waals surface area contributed by atoms with Crippen molar-refractivity contribution in [1.82, 2.24) is 10.3 Å². The van der Waals surface area contributed by atoms with E-state index >= 15 is 0 Å². The van der Waals surface area contributed by atoms with Crippen LogP contribution in [0.5, 0.6) is 0 Å². The lowest BCUT2D eigenvalue weighted by molar-refractivity contribution is 0.168. The van der Waals surface area contributed by atoms with Crippen molar-refractivity contribution >= 4 is 22.5 Å². The average molecular weight is 267 g/mol. The number of nitrogens with one attached hydrogen (secondary N) is 2. The van der Waals surface area contributed by atoms with Gasteiger partial charge in [0.1, 0.15) is 0 Å². The van der Waals surface area contributed by atoms with Crippen molar-refractivity contribution in [2.75, 3.05) is 6.61 Å². The zero-order valence-electron chi connectivity index (χ0n) is 10.8. The fraction of sp³-hybridized carbons (Fsp3) is 0.429. The summed E-state index contributed by atoms with van der Waals surface area (Å²) in [5.74, 6) is 0. The standard InChI is InChI=1S/C14H19ClN2O/c1-3-14(2,9-18)16-8-12-13(15)10-6-4-5-7-11(10)17-12/h4-7,16-18H,3,8-9H2,1-2H3. The van der Waals surface area contributed by atoms with E-state index in [4.69, 9.17) is 11.6 Å². The average Bonchev–Trinajstić information content (AvgIpc) is 2.73. The van der Waals surface area contributed by atoms with Gasteiger partial charge in [-0.25, -0.2) is 0 Å². The van der Waals surface area contributed by atoms with Crippen molar-refractivity contribution < 1.29 is 5.11 Å². The molecule has 98 valence electrons. The van der Waals surface area contributed by atoms with Gasteiger partial charge in [-0.2, -0.15) is 0 Å². The largest absolute Gasteiger partial charge is 0.394 e. The van der Waals surface area contributed by atoms with Gasteiger partial charge in [0.2, 0.25) is 0 Å². The van der Waals surface area contributed by atoms with Gasteiger partial charge in [-0.05, 0) is 19.4 Å². The Labute approximate surface area is 112 Å². The molecule has 1 heterocycles. The molecule has 0 fully saturated rings. The zero-order valence-corrected chi connectivity index (χ0v) is 11.5. The number of hydrogen-bond donors (Lipinski definition) is 3. The third-order valence-electron chi connectivity index (χ3n) is 3.54. The van der Waals surface area contributed by atoms with Crippen LogP contribution in [0.2, 0.25) is 5.02 Å². The predicted octanol–water partition coefficient (Wildman–Crippen LogP) is 3.07. The number of aliphatic hydroxyl groups excluding tert-OH is 1. The van der Waals surface area contributed by atoms with Crippen LogP contribution in [0.3, 0.4) is 0 Å². The van der Waals surface area contributed by atoms with Crippen molar-refractivity contribution in [1.29, 1.82) is 0 Å². The van der Waals surface area contributed by atoms with Crippen LogP contribution in [0, 0.1) is 0 Å². The third-order valence-corrected chi connectivity index (χ3v) is 3.97. The molecule has 3 nitrogen and oxygen atoms in total. The SMILES string of the molecule is CCC(C)(CO)NCc1[nH]c2ccccc2c1Cl. The zero-order chi connectivity index (χ0) is 13.2. The van der Waals surface area contributed by atoms with Gasteiger partial charge in [0, 0.05) is 28.7 Å². The molecule has 1 aromatic heterocycles. The second-order valence-electron chi connectivity index (χ2n) is 4.89. The van der Waals surface area contributed by atoms with Crippen LogP contribution in [-0.4, -0.2) is 22.2 Å². The molecule has 0 aliphatic heterocycles. The van der Waals surface area contributed by atoms with Crippen molar-refractivity contribution in [3.8, 4) is 0 Å². The Morgan fingerprint density at radius 2 is 2.11 bits per heavy atom. The van der Waals surface area contributed by atoms with Crippen LogP contribution in [-0.2, 0) is 6.54 Å². The second kappa shape index (κ2) is 5.31. The first-order chi connectivity index (χ1) is 8.59. The molecule has 1 aromatic carbocycles. The number of aromatic amines is 1. The summed E-state index contributed by atoms with van der Waals surface area (Å²) in [6, 6.07) is 7.97. The summed E-state index contributed by atoms with van der Waals surface area (Å²) in [4.78, 5) is 3.31. The first-order valence-corrected chi connectivity index (χ1v) is 6.58. The highest BCUT2D eigenvalue weighted by Crippen LogP contribution is 2.27. The number of benzene rings is 1. The maximum atomic E-state index is 9.37. The molecule has 18 heavy (non-hydrogen) atoms. The number of aliphatic hydroxyl groups is 1. The monoisotopic (exact) mass is 266 g/mol. The van der Waals surface area contributed by atoms with Crippen molar-refractivity contribution in [3.63, 3.8) is 0 Å². The maximum Gasteiger partial charge on any atom is 0.0705 e. The van der Waals surface area contributed by atoms with E-state index < -0.39 is 0 Å². The highest BCUT2D eigenvalue weighted by atomic mass is 35.5. The Morgan fingerprint density at radius 3 is 2.72 bits per heavy atom. The first kappa shape index (κ1) is 13.4. The lowest BCUT2D eigenvalue weighted by Gasteiger charge is -2.27. The molecule has 1 atom stereocenters. The van der Waals surface area contributed by atoms with Gasteiger partial charge in [0.15, 0.2) is 0 Å². The summed E-state index contributed by atoms with van der Waals surface area (Å²) in [5.41, 5.74) is 1.74. The molecule has 1 unspecified atom stereocenters. The molecule has 0 bridgehead atoms. The topological polar surface area (TPSA) is 48.0 Å². The summed E-state index contributed by atoms with van der Waals surface area (Å²) >= 11 is 6.34. The van der Waals surface area contributed by atoms with E-state index in [0.717, 1.165) is 28.0 Å². The van der Waals surface area contributed by atoms with Crippen LogP contribution in [0.25, 0.3) is 10.9 Å². The normalized spacial score (nSPS) is 14.9. The minimum absolute atomic E-state index is 0.112. The lowest BCUT2D eigenvalue weighted by Crippen LogP contribution is -2.44. The molecular weight excluding hydrogens is 248 g/mol. The number of aromatic nitrogens is 1. The van der Waals surface area contributed by atoms with Gasteiger partial charge in [-0.1, -0.05) is 36.7 Å². The predicted molar refractivity (Wildman–Crippen MR) is 75.9 cm³/mol. The van der Waals surface area contributed by atoms with E-state index in [9.17, 15) is 5.11 Å². The van der Waals surface area contributed by atoms with Crippen molar-refractivity contribution in [2.45, 2.75) is 32.4 Å². The minimum Gasteiger partial charge on any atom is -0.394 e. The first-order valence-electron chi connectivity index (χ1n) is 6.20. The molecule has 2 rings (SSSR count). The van der Waals surface area contributed by atoms with Crippen LogP contribution >= 0.6 is 11.6 Å². The molecule has 0 amide bonds. The summed E-state index contributed by atoms with van der Waals surface area (Å²) in [7, 11) is 0. The van der Waals surface area contributed by atoms with Crippen LogP contribution in [0.15, 0.2) is 24.3 Å². The highest BCUT2D eigenvalue weighted by Gasteiger charge is 2.20. The second-order valence-corrected chi connectivity index (χ2v) is 5.27. The molecule has 0 aliphatic rings. The van der Waals surface area contributed by atoms with E-state index in [1.54, 1.807) is 0 Å². The summed E-state index contributed by atoms with van der Waals surface area (Å²) in [6.07, 6.45) is 0.862. The molecule has 2 aromatic rings. The van der Waals surface area contributed by atoms with E-state index in [1.165, 1.54) is 0 Å². The Bertz CT molecular complexity index is 532. The number of H-pyrrole nitrogens is 1. The van der Waals surface area contributed by atoms with Crippen molar-refractivity contribution in [2.24, 2.45) is 0 Å². The number of para-hydroxylation sites is 1.